The molecule has 1 aliphatic rings. The molecule has 2 rings (SSSR count). The lowest BCUT2D eigenvalue weighted by molar-refractivity contribution is -0.120. The first-order valence-corrected chi connectivity index (χ1v) is 4.87. The van der Waals surface area contributed by atoms with Crippen molar-refractivity contribution in [2.45, 2.75) is 12.5 Å². The lowest BCUT2D eigenvalue weighted by Crippen LogP contribution is -2.48. The van der Waals surface area contributed by atoms with E-state index in [1.807, 2.05) is 0 Å². The van der Waals surface area contributed by atoms with Crippen molar-refractivity contribution in [3.05, 3.63) is 29.6 Å². The maximum Gasteiger partial charge on any atom is 0.244 e. The summed E-state index contributed by atoms with van der Waals surface area (Å²) in [5, 5.41) is 2.89. The van der Waals surface area contributed by atoms with Crippen molar-refractivity contribution in [2.24, 2.45) is 0 Å². The number of amides is 1. The van der Waals surface area contributed by atoms with Crippen LogP contribution < -0.4 is 10.2 Å². The van der Waals surface area contributed by atoms with Gasteiger partial charge in [-0.15, -0.1) is 0 Å². The van der Waals surface area contributed by atoms with Crippen LogP contribution in [0.25, 0.3) is 0 Å². The Morgan fingerprint density at radius 2 is 2.27 bits per heavy atom. The van der Waals surface area contributed by atoms with E-state index in [0.717, 1.165) is 0 Å². The van der Waals surface area contributed by atoms with E-state index in [-0.39, 0.29) is 17.8 Å². The minimum atomic E-state index is -0.320. The second-order valence-corrected chi connectivity index (χ2v) is 3.68. The average molecular weight is 208 g/mol. The van der Waals surface area contributed by atoms with Crippen molar-refractivity contribution in [1.29, 1.82) is 0 Å². The van der Waals surface area contributed by atoms with Gasteiger partial charge in [0.1, 0.15) is 5.82 Å². The number of likely N-dealkylation sites (N-methyl/N-ethyl adjacent to an activating group) is 2. The minimum Gasteiger partial charge on any atom is -0.314 e. The summed E-state index contributed by atoms with van der Waals surface area (Å²) in [6.07, 6.45) is 0.418. The van der Waals surface area contributed by atoms with Gasteiger partial charge in [-0.1, -0.05) is 6.07 Å². The number of hydrogen-bond donors (Lipinski definition) is 1. The zero-order valence-corrected chi connectivity index (χ0v) is 8.75. The molecule has 1 heterocycles. The van der Waals surface area contributed by atoms with E-state index in [0.29, 0.717) is 17.7 Å². The number of hydrogen-bond acceptors (Lipinski definition) is 2. The van der Waals surface area contributed by atoms with E-state index in [9.17, 15) is 9.18 Å². The Kier molecular flexibility index (Phi) is 2.44. The molecular formula is C11H13FN2O. The van der Waals surface area contributed by atoms with Crippen molar-refractivity contribution in [1.82, 2.24) is 5.32 Å². The predicted octanol–water partition coefficient (Wildman–Crippen LogP) is 0.933. The lowest BCUT2D eigenvalue weighted by Gasteiger charge is -2.31. The molecule has 0 radical (unpaired) electrons. The number of fused-ring (bicyclic) bond motifs is 1. The van der Waals surface area contributed by atoms with E-state index in [4.69, 9.17) is 0 Å². The highest BCUT2D eigenvalue weighted by Gasteiger charge is 2.30. The topological polar surface area (TPSA) is 32.3 Å². The fourth-order valence-corrected chi connectivity index (χ4v) is 1.93. The minimum absolute atomic E-state index is 0.0180. The molecule has 0 spiro atoms. The summed E-state index contributed by atoms with van der Waals surface area (Å²) in [5.74, 6) is -0.261. The van der Waals surface area contributed by atoms with E-state index >= 15 is 0 Å². The second-order valence-electron chi connectivity index (χ2n) is 3.68. The summed E-state index contributed by atoms with van der Waals surface area (Å²) in [6, 6.07) is 4.49. The van der Waals surface area contributed by atoms with Crippen molar-refractivity contribution >= 4 is 11.6 Å². The third-order valence-electron chi connectivity index (χ3n) is 2.84. The van der Waals surface area contributed by atoms with Crippen LogP contribution >= 0.6 is 0 Å². The number of nitrogens with one attached hydrogen (secondary N) is 1. The van der Waals surface area contributed by atoms with Gasteiger partial charge in [-0.3, -0.25) is 4.79 Å². The first kappa shape index (κ1) is 10.1. The molecule has 1 aromatic rings. The molecule has 0 aliphatic carbocycles. The van der Waals surface area contributed by atoms with Crippen molar-refractivity contribution in [3.63, 3.8) is 0 Å². The molecule has 1 aliphatic heterocycles. The Morgan fingerprint density at radius 3 is 2.93 bits per heavy atom. The van der Waals surface area contributed by atoms with Crippen LogP contribution in [0.4, 0.5) is 10.1 Å². The standard InChI is InChI=1S/C11H13FN2O/c1-13-9-6-7-8(12)4-3-5-10(7)14(2)11(9)15/h3-5,9,13H,6H2,1-2H3/t9-/m1/s1. The third-order valence-corrected chi connectivity index (χ3v) is 2.84. The quantitative estimate of drug-likeness (QED) is 0.744. The molecule has 0 fully saturated rings. The first-order valence-electron chi connectivity index (χ1n) is 4.87. The largest absolute Gasteiger partial charge is 0.314 e. The van der Waals surface area contributed by atoms with Gasteiger partial charge >= 0.3 is 0 Å². The van der Waals surface area contributed by atoms with Gasteiger partial charge in [-0.05, 0) is 19.2 Å². The number of nitrogens with zero attached hydrogens (tertiary/aromatic N) is 1. The van der Waals surface area contributed by atoms with Crippen molar-refractivity contribution in [3.8, 4) is 0 Å². The van der Waals surface area contributed by atoms with Crippen LogP contribution in [0.3, 0.4) is 0 Å². The predicted molar refractivity (Wildman–Crippen MR) is 56.4 cm³/mol. The number of anilines is 1. The van der Waals surface area contributed by atoms with E-state index in [2.05, 4.69) is 5.32 Å². The molecule has 0 saturated carbocycles. The highest BCUT2D eigenvalue weighted by atomic mass is 19.1. The van der Waals surface area contributed by atoms with E-state index < -0.39 is 0 Å². The van der Waals surface area contributed by atoms with Gasteiger partial charge in [0.15, 0.2) is 0 Å². The van der Waals surface area contributed by atoms with Crippen LogP contribution in [0.5, 0.6) is 0 Å². The number of carbonyl (C=O) groups excluding carboxylic acids is 1. The van der Waals surface area contributed by atoms with Crippen LogP contribution in [0.1, 0.15) is 5.56 Å². The van der Waals surface area contributed by atoms with Crippen LogP contribution in [0.2, 0.25) is 0 Å². The highest BCUT2D eigenvalue weighted by Crippen LogP contribution is 2.28. The molecule has 0 aromatic heterocycles. The Labute approximate surface area is 87.9 Å². The van der Waals surface area contributed by atoms with Gasteiger partial charge in [-0.25, -0.2) is 4.39 Å². The number of carbonyl (C=O) groups is 1. The molecule has 0 unspecified atom stereocenters. The first-order chi connectivity index (χ1) is 7.15. The van der Waals surface area contributed by atoms with Crippen molar-refractivity contribution in [2.75, 3.05) is 19.0 Å². The lowest BCUT2D eigenvalue weighted by atomic mass is 9.97. The molecular weight excluding hydrogens is 195 g/mol. The zero-order chi connectivity index (χ0) is 11.0. The number of halogens is 1. The Hall–Kier alpha value is -1.42. The van der Waals surface area contributed by atoms with Crippen LogP contribution in [-0.2, 0) is 11.2 Å². The summed E-state index contributed by atoms with van der Waals surface area (Å²) in [6.45, 7) is 0. The average Bonchev–Trinajstić information content (AvgIpc) is 2.24. The van der Waals surface area contributed by atoms with E-state index in [1.54, 1.807) is 26.2 Å². The Morgan fingerprint density at radius 1 is 1.53 bits per heavy atom. The molecule has 80 valence electrons. The summed E-state index contributed by atoms with van der Waals surface area (Å²) in [4.78, 5) is 13.3. The third kappa shape index (κ3) is 1.51. The highest BCUT2D eigenvalue weighted by molar-refractivity contribution is 5.99. The fourth-order valence-electron chi connectivity index (χ4n) is 1.93. The van der Waals surface area contributed by atoms with Crippen LogP contribution in [0.15, 0.2) is 18.2 Å². The number of rotatable bonds is 1. The molecule has 1 atom stereocenters. The molecule has 0 bridgehead atoms. The second kappa shape index (κ2) is 3.62. The Bertz CT molecular complexity index is 406. The molecule has 1 N–H and O–H groups in total. The van der Waals surface area contributed by atoms with Crippen molar-refractivity contribution < 1.29 is 9.18 Å². The number of benzene rings is 1. The summed E-state index contributed by atoms with van der Waals surface area (Å²) >= 11 is 0. The van der Waals surface area contributed by atoms with Gasteiger partial charge < -0.3 is 10.2 Å². The zero-order valence-electron chi connectivity index (χ0n) is 8.75. The normalized spacial score (nSPS) is 20.3. The maximum atomic E-state index is 13.5. The smallest absolute Gasteiger partial charge is 0.244 e. The molecule has 1 aromatic carbocycles. The Balaban J connectivity index is 2.50. The van der Waals surface area contributed by atoms with Gasteiger partial charge in [0.25, 0.3) is 0 Å². The van der Waals surface area contributed by atoms with Crippen LogP contribution in [-0.4, -0.2) is 26.0 Å². The fraction of sp³-hybridized carbons (Fsp3) is 0.364. The molecule has 1 amide bonds. The monoisotopic (exact) mass is 208 g/mol. The summed E-state index contributed by atoms with van der Waals surface area (Å²) in [7, 11) is 3.38. The maximum absolute atomic E-state index is 13.5. The molecule has 3 nitrogen and oxygen atoms in total. The molecule has 0 saturated heterocycles. The van der Waals surface area contributed by atoms with Gasteiger partial charge in [-0.2, -0.15) is 0 Å². The van der Waals surface area contributed by atoms with Crippen LogP contribution in [0, 0.1) is 5.82 Å². The summed E-state index contributed by atoms with van der Waals surface area (Å²) in [5.41, 5.74) is 1.28. The summed E-state index contributed by atoms with van der Waals surface area (Å²) < 4.78 is 13.5. The van der Waals surface area contributed by atoms with Gasteiger partial charge in [0.2, 0.25) is 5.91 Å². The van der Waals surface area contributed by atoms with Gasteiger partial charge in [0, 0.05) is 24.7 Å². The van der Waals surface area contributed by atoms with E-state index in [1.165, 1.54) is 11.0 Å². The molecule has 4 heteroatoms. The SMILES string of the molecule is CN[C@@H]1Cc2c(F)cccc2N(C)C1=O. The molecule has 15 heavy (non-hydrogen) atoms. The van der Waals surface area contributed by atoms with Gasteiger partial charge in [0.05, 0.1) is 6.04 Å².